The first-order valence-electron chi connectivity index (χ1n) is 3.41. The second-order valence-electron chi connectivity index (χ2n) is 2.35. The molecule has 0 radical (unpaired) electrons. The van der Waals surface area contributed by atoms with Crippen LogP contribution in [0, 0.1) is 0 Å². The maximum absolute atomic E-state index is 10.8. The summed E-state index contributed by atoms with van der Waals surface area (Å²) in [5.74, 6) is -0.388. The van der Waals surface area contributed by atoms with Crippen molar-refractivity contribution in [2.45, 2.75) is 19.1 Å². The molecule has 0 spiro atoms. The summed E-state index contributed by atoms with van der Waals surface area (Å²) in [6, 6.07) is 0.149. The van der Waals surface area contributed by atoms with Crippen LogP contribution in [0.2, 0.25) is 0 Å². The standard InChI is InChI=1S/C7H11NO3/c1-5-3-4-6(11-8-5)7(9)10-2/h3-6,8H,1-2H3/t5-,6+/m1/s1. The number of esters is 1. The monoisotopic (exact) mass is 157 g/mol. The highest BCUT2D eigenvalue weighted by atomic mass is 16.7. The van der Waals surface area contributed by atoms with Gasteiger partial charge in [0.05, 0.1) is 7.11 Å². The molecule has 1 N–H and O–H groups in total. The summed E-state index contributed by atoms with van der Waals surface area (Å²) in [6.07, 6.45) is 2.93. The number of hydrogen-bond acceptors (Lipinski definition) is 4. The van der Waals surface area contributed by atoms with Gasteiger partial charge in [-0.25, -0.2) is 4.79 Å². The number of methoxy groups -OCH3 is 1. The van der Waals surface area contributed by atoms with E-state index in [1.165, 1.54) is 7.11 Å². The second kappa shape index (κ2) is 3.50. The molecule has 0 saturated carbocycles. The van der Waals surface area contributed by atoms with E-state index < -0.39 is 6.10 Å². The van der Waals surface area contributed by atoms with E-state index in [1.807, 2.05) is 13.0 Å². The fraction of sp³-hybridized carbons (Fsp3) is 0.571. The van der Waals surface area contributed by atoms with Crippen LogP contribution in [-0.4, -0.2) is 25.2 Å². The highest BCUT2D eigenvalue weighted by Crippen LogP contribution is 2.02. The third-order valence-corrected chi connectivity index (χ3v) is 1.39. The first-order chi connectivity index (χ1) is 5.24. The molecule has 1 aliphatic heterocycles. The Balaban J connectivity index is 2.50. The molecule has 62 valence electrons. The van der Waals surface area contributed by atoms with E-state index in [1.54, 1.807) is 6.08 Å². The molecule has 1 aliphatic rings. The molecule has 0 aliphatic carbocycles. The zero-order chi connectivity index (χ0) is 8.27. The summed E-state index contributed by atoms with van der Waals surface area (Å²) in [7, 11) is 1.33. The van der Waals surface area contributed by atoms with Crippen LogP contribution in [0.3, 0.4) is 0 Å². The molecule has 1 rings (SSSR count). The van der Waals surface area contributed by atoms with Crippen LogP contribution in [0.15, 0.2) is 12.2 Å². The second-order valence-corrected chi connectivity index (χ2v) is 2.35. The molecule has 0 unspecified atom stereocenters. The third-order valence-electron chi connectivity index (χ3n) is 1.39. The van der Waals surface area contributed by atoms with E-state index in [0.717, 1.165) is 0 Å². The molecule has 2 atom stereocenters. The maximum Gasteiger partial charge on any atom is 0.341 e. The van der Waals surface area contributed by atoms with Crippen LogP contribution in [0.25, 0.3) is 0 Å². The highest BCUT2D eigenvalue weighted by molar-refractivity contribution is 5.76. The van der Waals surface area contributed by atoms with Crippen LogP contribution < -0.4 is 5.48 Å². The SMILES string of the molecule is COC(=O)[C@@H]1C=C[C@@H](C)NO1. The fourth-order valence-corrected chi connectivity index (χ4v) is 0.770. The fourth-order valence-electron chi connectivity index (χ4n) is 0.770. The number of carbonyl (C=O) groups excluding carboxylic acids is 1. The van der Waals surface area contributed by atoms with Gasteiger partial charge in [0.2, 0.25) is 0 Å². The third kappa shape index (κ3) is 2.03. The minimum atomic E-state index is -0.601. The van der Waals surface area contributed by atoms with Gasteiger partial charge in [-0.15, -0.1) is 0 Å². The van der Waals surface area contributed by atoms with Gasteiger partial charge in [-0.2, -0.15) is 5.48 Å². The minimum Gasteiger partial charge on any atom is -0.467 e. The van der Waals surface area contributed by atoms with E-state index in [-0.39, 0.29) is 12.0 Å². The number of carbonyl (C=O) groups is 1. The average Bonchev–Trinajstić information content (AvgIpc) is 2.05. The first-order valence-corrected chi connectivity index (χ1v) is 3.41. The van der Waals surface area contributed by atoms with Gasteiger partial charge >= 0.3 is 5.97 Å². The summed E-state index contributed by atoms with van der Waals surface area (Å²) in [5.41, 5.74) is 2.66. The molecular formula is C7H11NO3. The zero-order valence-corrected chi connectivity index (χ0v) is 6.53. The molecule has 0 bridgehead atoms. The van der Waals surface area contributed by atoms with Gasteiger partial charge in [0.15, 0.2) is 6.10 Å². The molecule has 0 saturated heterocycles. The number of hydroxylamine groups is 1. The summed E-state index contributed by atoms with van der Waals surface area (Å²) in [5, 5.41) is 0. The van der Waals surface area contributed by atoms with Gasteiger partial charge < -0.3 is 4.74 Å². The Morgan fingerprint density at radius 1 is 1.64 bits per heavy atom. The Kier molecular flexibility index (Phi) is 2.62. The number of hydrogen-bond donors (Lipinski definition) is 1. The molecule has 0 aromatic carbocycles. The first kappa shape index (κ1) is 8.23. The lowest BCUT2D eigenvalue weighted by atomic mass is 10.2. The zero-order valence-electron chi connectivity index (χ0n) is 6.53. The number of nitrogens with one attached hydrogen (secondary N) is 1. The molecule has 4 heteroatoms. The van der Waals surface area contributed by atoms with Crippen LogP contribution in [0.5, 0.6) is 0 Å². The van der Waals surface area contributed by atoms with Crippen molar-refractivity contribution in [1.29, 1.82) is 0 Å². The van der Waals surface area contributed by atoms with Gasteiger partial charge in [-0.1, -0.05) is 6.08 Å². The number of ether oxygens (including phenoxy) is 1. The summed E-state index contributed by atoms with van der Waals surface area (Å²) < 4.78 is 4.47. The van der Waals surface area contributed by atoms with Crippen molar-refractivity contribution < 1.29 is 14.4 Å². The van der Waals surface area contributed by atoms with E-state index >= 15 is 0 Å². The molecule has 0 aromatic heterocycles. The Morgan fingerprint density at radius 3 is 2.82 bits per heavy atom. The quantitative estimate of drug-likeness (QED) is 0.430. The lowest BCUT2D eigenvalue weighted by Gasteiger charge is -2.19. The van der Waals surface area contributed by atoms with E-state index in [0.29, 0.717) is 0 Å². The van der Waals surface area contributed by atoms with Crippen molar-refractivity contribution in [2.24, 2.45) is 0 Å². The average molecular weight is 157 g/mol. The van der Waals surface area contributed by atoms with Gasteiger partial charge in [-0.3, -0.25) is 4.84 Å². The molecule has 4 nitrogen and oxygen atoms in total. The Hall–Kier alpha value is -0.870. The van der Waals surface area contributed by atoms with Crippen LogP contribution in [-0.2, 0) is 14.4 Å². The van der Waals surface area contributed by atoms with E-state index in [9.17, 15) is 4.79 Å². The topological polar surface area (TPSA) is 47.6 Å². The van der Waals surface area contributed by atoms with Crippen molar-refractivity contribution in [3.63, 3.8) is 0 Å². The van der Waals surface area contributed by atoms with Crippen molar-refractivity contribution in [2.75, 3.05) is 7.11 Å². The smallest absolute Gasteiger partial charge is 0.341 e. The highest BCUT2D eigenvalue weighted by Gasteiger charge is 2.20. The number of rotatable bonds is 1. The lowest BCUT2D eigenvalue weighted by molar-refractivity contribution is -0.156. The van der Waals surface area contributed by atoms with Crippen LogP contribution in [0.1, 0.15) is 6.92 Å². The predicted molar refractivity (Wildman–Crippen MR) is 38.6 cm³/mol. The van der Waals surface area contributed by atoms with Gasteiger partial charge in [0.1, 0.15) is 0 Å². The van der Waals surface area contributed by atoms with Gasteiger partial charge in [-0.05, 0) is 13.0 Å². The van der Waals surface area contributed by atoms with Crippen molar-refractivity contribution in [3.8, 4) is 0 Å². The molecule has 11 heavy (non-hydrogen) atoms. The Morgan fingerprint density at radius 2 is 2.36 bits per heavy atom. The van der Waals surface area contributed by atoms with E-state index in [2.05, 4.69) is 10.2 Å². The van der Waals surface area contributed by atoms with Crippen LogP contribution >= 0.6 is 0 Å². The van der Waals surface area contributed by atoms with Crippen molar-refractivity contribution >= 4 is 5.97 Å². The van der Waals surface area contributed by atoms with Gasteiger partial charge in [0.25, 0.3) is 0 Å². The van der Waals surface area contributed by atoms with Crippen molar-refractivity contribution in [1.82, 2.24) is 5.48 Å². The minimum absolute atomic E-state index is 0.149. The summed E-state index contributed by atoms with van der Waals surface area (Å²) >= 11 is 0. The predicted octanol–water partition coefficient (Wildman–Crippen LogP) is 0.00750. The molecule has 0 amide bonds. The Labute approximate surface area is 65.1 Å². The molecular weight excluding hydrogens is 146 g/mol. The maximum atomic E-state index is 10.8. The summed E-state index contributed by atoms with van der Waals surface area (Å²) in [4.78, 5) is 15.8. The van der Waals surface area contributed by atoms with Crippen molar-refractivity contribution in [3.05, 3.63) is 12.2 Å². The lowest BCUT2D eigenvalue weighted by Crippen LogP contribution is -2.38. The normalized spacial score (nSPS) is 30.0. The molecule has 0 aromatic rings. The molecule has 0 fully saturated rings. The molecule has 1 heterocycles. The van der Waals surface area contributed by atoms with Gasteiger partial charge in [0, 0.05) is 6.04 Å². The largest absolute Gasteiger partial charge is 0.467 e. The summed E-state index contributed by atoms with van der Waals surface area (Å²) in [6.45, 7) is 1.92. The Bertz CT molecular complexity index is 179. The van der Waals surface area contributed by atoms with E-state index in [4.69, 9.17) is 4.84 Å². The van der Waals surface area contributed by atoms with Crippen LogP contribution in [0.4, 0.5) is 0 Å².